The van der Waals surface area contributed by atoms with Crippen LogP contribution in [-0.4, -0.2) is 35.9 Å². The topological polar surface area (TPSA) is 48.1 Å². The van der Waals surface area contributed by atoms with Crippen LogP contribution < -0.4 is 5.32 Å². The number of halogens is 2. The van der Waals surface area contributed by atoms with Crippen molar-refractivity contribution < 1.29 is 13.6 Å². The Kier molecular flexibility index (Phi) is 5.41. The van der Waals surface area contributed by atoms with Crippen molar-refractivity contribution in [3.63, 3.8) is 0 Å². The Bertz CT molecular complexity index is 1280. The number of nitrogens with one attached hydrogen (secondary N) is 2. The van der Waals surface area contributed by atoms with Gasteiger partial charge in [-0.2, -0.15) is 0 Å². The highest BCUT2D eigenvalue weighted by molar-refractivity contribution is 6.36. The number of benzene rings is 2. The molecule has 2 aliphatic rings. The molecule has 5 rings (SSSR count). The minimum absolute atomic E-state index is 0.139. The number of anilines is 1. The summed E-state index contributed by atoms with van der Waals surface area (Å²) < 4.78 is 28.6. The van der Waals surface area contributed by atoms with E-state index in [1.54, 1.807) is 18.2 Å². The lowest BCUT2D eigenvalue weighted by Gasteiger charge is -2.29. The van der Waals surface area contributed by atoms with Crippen molar-refractivity contribution >= 4 is 23.2 Å². The maximum atomic E-state index is 14.7. The Morgan fingerprint density at radius 2 is 1.73 bits per heavy atom. The van der Waals surface area contributed by atoms with Crippen LogP contribution in [0.25, 0.3) is 22.8 Å². The molecule has 0 aliphatic carbocycles. The van der Waals surface area contributed by atoms with Crippen molar-refractivity contribution in [2.24, 2.45) is 0 Å². The largest absolute Gasteiger partial charge is 0.359 e. The Morgan fingerprint density at radius 3 is 2.48 bits per heavy atom. The van der Waals surface area contributed by atoms with Gasteiger partial charge in [-0.15, -0.1) is 0 Å². The number of H-pyrrole nitrogens is 1. The molecule has 1 saturated heterocycles. The Hall–Kier alpha value is -3.25. The zero-order valence-corrected chi connectivity index (χ0v) is 19.1. The average molecular weight is 448 g/mol. The molecule has 0 saturated carbocycles. The first-order valence-electron chi connectivity index (χ1n) is 11.3. The smallest absolute Gasteiger partial charge is 0.256 e. The van der Waals surface area contributed by atoms with Gasteiger partial charge in [0.25, 0.3) is 5.91 Å². The fourth-order valence-electron chi connectivity index (χ4n) is 5.31. The summed E-state index contributed by atoms with van der Waals surface area (Å²) in [5.41, 5.74) is 6.76. The van der Waals surface area contributed by atoms with E-state index in [2.05, 4.69) is 36.1 Å². The van der Waals surface area contributed by atoms with Gasteiger partial charge in [-0.1, -0.05) is 24.3 Å². The van der Waals surface area contributed by atoms with Crippen LogP contribution in [0, 0.1) is 25.5 Å². The van der Waals surface area contributed by atoms with Gasteiger partial charge in [-0.3, -0.25) is 4.79 Å². The standard InChI is InChI=1S/C27H27F2N3O/c1-15-23(30-16(2)24(15)17-10-12-32(3)13-11-17)14-20-25-18(6-5-9-22(25)31-27(20)33)19-7-4-8-21(28)26(19)29/h4-9,14,17,30H,10-13H2,1-3H3,(H,31,33). The van der Waals surface area contributed by atoms with Crippen LogP contribution in [0.3, 0.4) is 0 Å². The first-order valence-corrected chi connectivity index (χ1v) is 11.3. The molecule has 1 fully saturated rings. The van der Waals surface area contributed by atoms with Crippen molar-refractivity contribution in [1.82, 2.24) is 9.88 Å². The van der Waals surface area contributed by atoms with Gasteiger partial charge in [0.05, 0.1) is 5.57 Å². The highest BCUT2D eigenvalue weighted by Gasteiger charge is 2.30. The Labute approximate surface area is 192 Å². The zero-order chi connectivity index (χ0) is 23.3. The van der Waals surface area contributed by atoms with E-state index in [4.69, 9.17) is 0 Å². The van der Waals surface area contributed by atoms with Crippen LogP contribution in [0.5, 0.6) is 0 Å². The highest BCUT2D eigenvalue weighted by atomic mass is 19.2. The van der Waals surface area contributed by atoms with Gasteiger partial charge >= 0.3 is 0 Å². The molecule has 0 radical (unpaired) electrons. The summed E-state index contributed by atoms with van der Waals surface area (Å²) in [6.45, 7) is 6.32. The lowest BCUT2D eigenvalue weighted by atomic mass is 9.87. The van der Waals surface area contributed by atoms with Gasteiger partial charge in [-0.05, 0) is 87.6 Å². The van der Waals surface area contributed by atoms with E-state index in [1.165, 1.54) is 17.7 Å². The summed E-state index contributed by atoms with van der Waals surface area (Å²) in [7, 11) is 2.15. The fourth-order valence-corrected chi connectivity index (χ4v) is 5.31. The van der Waals surface area contributed by atoms with Crippen LogP contribution in [0.4, 0.5) is 14.5 Å². The summed E-state index contributed by atoms with van der Waals surface area (Å²) in [6, 6.07) is 9.36. The molecular weight excluding hydrogens is 420 g/mol. The first kappa shape index (κ1) is 21.6. The zero-order valence-electron chi connectivity index (χ0n) is 19.1. The highest BCUT2D eigenvalue weighted by Crippen LogP contribution is 2.42. The van der Waals surface area contributed by atoms with Gasteiger partial charge in [0.2, 0.25) is 0 Å². The summed E-state index contributed by atoms with van der Waals surface area (Å²) >= 11 is 0. The second kappa shape index (κ2) is 8.27. The average Bonchev–Trinajstić information content (AvgIpc) is 3.26. The predicted molar refractivity (Wildman–Crippen MR) is 128 cm³/mol. The Balaban J connectivity index is 1.61. The normalized spacial score (nSPS) is 18.1. The van der Waals surface area contributed by atoms with Crippen molar-refractivity contribution in [3.8, 4) is 11.1 Å². The number of rotatable bonds is 3. The number of hydrogen-bond acceptors (Lipinski definition) is 2. The second-order valence-corrected chi connectivity index (χ2v) is 9.12. The summed E-state index contributed by atoms with van der Waals surface area (Å²) in [5.74, 6) is -1.58. The van der Waals surface area contributed by atoms with Crippen LogP contribution in [0.2, 0.25) is 0 Å². The van der Waals surface area contributed by atoms with Crippen molar-refractivity contribution in [3.05, 3.63) is 76.1 Å². The number of likely N-dealkylation sites (tertiary alicyclic amines) is 1. The van der Waals surface area contributed by atoms with E-state index in [0.29, 0.717) is 28.3 Å². The minimum Gasteiger partial charge on any atom is -0.359 e. The lowest BCUT2D eigenvalue weighted by Crippen LogP contribution is -2.29. The molecular formula is C27H27F2N3O. The molecule has 2 N–H and O–H groups in total. The number of amides is 1. The molecule has 3 heterocycles. The third-order valence-corrected chi connectivity index (χ3v) is 7.02. The van der Waals surface area contributed by atoms with E-state index >= 15 is 0 Å². The molecule has 0 spiro atoms. The fraction of sp³-hybridized carbons (Fsp3) is 0.296. The minimum atomic E-state index is -0.916. The van der Waals surface area contributed by atoms with Crippen LogP contribution >= 0.6 is 0 Å². The third-order valence-electron chi connectivity index (χ3n) is 7.02. The summed E-state index contributed by atoms with van der Waals surface area (Å²) in [5, 5.41) is 2.88. The van der Waals surface area contributed by atoms with Gasteiger partial charge in [0.15, 0.2) is 11.6 Å². The van der Waals surface area contributed by atoms with E-state index in [0.717, 1.165) is 48.9 Å². The quantitative estimate of drug-likeness (QED) is 0.493. The maximum Gasteiger partial charge on any atom is 0.256 e. The van der Waals surface area contributed by atoms with E-state index in [9.17, 15) is 13.6 Å². The molecule has 0 atom stereocenters. The summed E-state index contributed by atoms with van der Waals surface area (Å²) in [4.78, 5) is 18.8. The maximum absolute atomic E-state index is 14.7. The van der Waals surface area contributed by atoms with Crippen molar-refractivity contribution in [1.29, 1.82) is 0 Å². The van der Waals surface area contributed by atoms with Crippen molar-refractivity contribution in [2.75, 3.05) is 25.5 Å². The molecule has 0 unspecified atom stereocenters. The molecule has 33 heavy (non-hydrogen) atoms. The molecule has 4 nitrogen and oxygen atoms in total. The van der Waals surface area contributed by atoms with Crippen LogP contribution in [0.15, 0.2) is 36.4 Å². The van der Waals surface area contributed by atoms with Gasteiger partial charge in [0, 0.05) is 28.2 Å². The number of nitrogens with zero attached hydrogens (tertiary/aromatic N) is 1. The number of aryl methyl sites for hydroxylation is 1. The monoisotopic (exact) mass is 447 g/mol. The van der Waals surface area contributed by atoms with E-state index in [-0.39, 0.29) is 11.5 Å². The number of piperidine rings is 1. The SMILES string of the molecule is Cc1[nH]c(C=C2C(=O)Nc3cccc(-c4cccc(F)c4F)c32)c(C)c1C1CCN(C)CC1. The predicted octanol–water partition coefficient (Wildman–Crippen LogP) is 5.88. The third kappa shape index (κ3) is 3.68. The molecule has 1 aromatic heterocycles. The molecule has 0 bridgehead atoms. The van der Waals surface area contributed by atoms with E-state index in [1.807, 2.05) is 6.08 Å². The number of aromatic amines is 1. The molecule has 3 aromatic rings. The molecule has 170 valence electrons. The van der Waals surface area contributed by atoms with Crippen LogP contribution in [0.1, 0.15) is 46.8 Å². The lowest BCUT2D eigenvalue weighted by molar-refractivity contribution is -0.110. The molecule has 1 amide bonds. The van der Waals surface area contributed by atoms with Gasteiger partial charge < -0.3 is 15.2 Å². The number of hydrogen-bond donors (Lipinski definition) is 2. The van der Waals surface area contributed by atoms with E-state index < -0.39 is 11.6 Å². The second-order valence-electron chi connectivity index (χ2n) is 9.12. The molecule has 2 aromatic carbocycles. The number of carbonyl (C=O) groups excluding carboxylic acids is 1. The van der Waals surface area contributed by atoms with Gasteiger partial charge in [0.1, 0.15) is 0 Å². The number of aromatic nitrogens is 1. The van der Waals surface area contributed by atoms with Crippen LogP contribution in [-0.2, 0) is 4.79 Å². The van der Waals surface area contributed by atoms with Crippen molar-refractivity contribution in [2.45, 2.75) is 32.6 Å². The molecule has 2 aliphatic heterocycles. The Morgan fingerprint density at radius 1 is 1.03 bits per heavy atom. The molecule has 6 heteroatoms. The van der Waals surface area contributed by atoms with Gasteiger partial charge in [-0.25, -0.2) is 8.78 Å². The number of carbonyl (C=O) groups is 1. The summed E-state index contributed by atoms with van der Waals surface area (Å²) in [6.07, 6.45) is 4.07. The number of fused-ring (bicyclic) bond motifs is 1. The first-order chi connectivity index (χ1) is 15.8.